The number of carbonyl (C=O) groups excluding carboxylic acids is 1. The fourth-order valence-corrected chi connectivity index (χ4v) is 4.63. The molecule has 0 N–H and O–H groups in total. The lowest BCUT2D eigenvalue weighted by Crippen LogP contribution is -2.56. The molecular formula is C22H31ClN2O2. The first-order valence-corrected chi connectivity index (χ1v) is 10.6. The minimum Gasteiger partial charge on any atom is -0.382 e. The zero-order chi connectivity index (χ0) is 19.1. The Kier molecular flexibility index (Phi) is 7.74. The zero-order valence-electron chi connectivity index (χ0n) is 16.3. The third-order valence-electron chi connectivity index (χ3n) is 5.62. The van der Waals surface area contributed by atoms with Crippen LogP contribution in [0.4, 0.5) is 0 Å². The van der Waals surface area contributed by atoms with Crippen LogP contribution in [0.25, 0.3) is 6.08 Å². The van der Waals surface area contributed by atoms with Crippen LogP contribution in [-0.4, -0.2) is 61.1 Å². The molecule has 5 heteroatoms. The summed E-state index contributed by atoms with van der Waals surface area (Å²) >= 11 is 6.51. The minimum absolute atomic E-state index is 0.322. The van der Waals surface area contributed by atoms with Gasteiger partial charge in [0.15, 0.2) is 0 Å². The summed E-state index contributed by atoms with van der Waals surface area (Å²) in [5.74, 6) is 0.882. The average Bonchev–Trinajstić information content (AvgIpc) is 2.67. The molecule has 2 fully saturated rings. The summed E-state index contributed by atoms with van der Waals surface area (Å²) < 4.78 is 5.44. The number of hydrogen-bond acceptors (Lipinski definition) is 3. The van der Waals surface area contributed by atoms with Gasteiger partial charge < -0.3 is 9.64 Å². The van der Waals surface area contributed by atoms with E-state index in [2.05, 4.69) is 28.0 Å². The van der Waals surface area contributed by atoms with E-state index in [4.69, 9.17) is 16.3 Å². The molecule has 0 radical (unpaired) electrons. The van der Waals surface area contributed by atoms with Crippen LogP contribution in [0.3, 0.4) is 0 Å². The maximum absolute atomic E-state index is 12.4. The van der Waals surface area contributed by atoms with Crippen molar-refractivity contribution in [1.82, 2.24) is 9.80 Å². The molecule has 1 aromatic rings. The van der Waals surface area contributed by atoms with Crippen molar-refractivity contribution in [2.75, 3.05) is 39.4 Å². The van der Waals surface area contributed by atoms with Gasteiger partial charge in [-0.15, -0.1) is 0 Å². The van der Waals surface area contributed by atoms with Gasteiger partial charge >= 0.3 is 0 Å². The number of benzene rings is 1. The fraction of sp³-hybridized carbons (Fsp3) is 0.591. The standard InChI is InChI=1S/C22H31ClN2O2/c1-2-27-14-6-12-25-21-11-13-24(16-19(21)9-10-22(25)26)17-20(23)15-18-7-4-3-5-8-18/h3-5,7-8,15,19,21H,2,6,9-14,16-17H2,1H3/t19-,21+/m1/s1. The van der Waals surface area contributed by atoms with E-state index in [-0.39, 0.29) is 0 Å². The van der Waals surface area contributed by atoms with Crippen LogP contribution in [0.1, 0.15) is 38.2 Å². The van der Waals surface area contributed by atoms with Crippen LogP contribution in [-0.2, 0) is 9.53 Å². The molecule has 2 atom stereocenters. The van der Waals surface area contributed by atoms with Gasteiger partial charge in [0.05, 0.1) is 0 Å². The van der Waals surface area contributed by atoms with Gasteiger partial charge in [-0.05, 0) is 43.7 Å². The summed E-state index contributed by atoms with van der Waals surface area (Å²) in [4.78, 5) is 17.0. The SMILES string of the molecule is CCOCCCN1C(=O)CC[C@@H]2CN(CC(Cl)=Cc3ccccc3)CC[C@@H]21. The summed E-state index contributed by atoms with van der Waals surface area (Å²) in [6, 6.07) is 10.6. The van der Waals surface area contributed by atoms with E-state index >= 15 is 0 Å². The molecule has 1 amide bonds. The summed E-state index contributed by atoms with van der Waals surface area (Å²) in [5, 5.41) is 0.875. The van der Waals surface area contributed by atoms with E-state index in [0.717, 1.165) is 69.3 Å². The Morgan fingerprint density at radius 1 is 1.30 bits per heavy atom. The van der Waals surface area contributed by atoms with Crippen molar-refractivity contribution in [3.63, 3.8) is 0 Å². The average molecular weight is 391 g/mol. The first-order valence-electron chi connectivity index (χ1n) is 10.2. The second kappa shape index (κ2) is 10.3. The van der Waals surface area contributed by atoms with Gasteiger partial charge in [-0.1, -0.05) is 41.9 Å². The Balaban J connectivity index is 1.53. The molecule has 0 aromatic heterocycles. The van der Waals surface area contributed by atoms with Gasteiger partial charge in [0.1, 0.15) is 0 Å². The monoisotopic (exact) mass is 390 g/mol. The molecule has 0 aliphatic carbocycles. The van der Waals surface area contributed by atoms with Crippen molar-refractivity contribution < 1.29 is 9.53 Å². The topological polar surface area (TPSA) is 32.8 Å². The highest BCUT2D eigenvalue weighted by atomic mass is 35.5. The van der Waals surface area contributed by atoms with E-state index in [0.29, 0.717) is 24.3 Å². The van der Waals surface area contributed by atoms with Crippen molar-refractivity contribution in [3.8, 4) is 0 Å². The van der Waals surface area contributed by atoms with Gasteiger partial charge in [0.2, 0.25) is 5.91 Å². The molecular weight excluding hydrogens is 360 g/mol. The number of fused-ring (bicyclic) bond motifs is 1. The van der Waals surface area contributed by atoms with Crippen molar-refractivity contribution in [1.29, 1.82) is 0 Å². The number of rotatable bonds is 8. The van der Waals surface area contributed by atoms with E-state index in [1.165, 1.54) is 0 Å². The first-order chi connectivity index (χ1) is 13.2. The molecule has 2 aliphatic heterocycles. The number of carbonyl (C=O) groups is 1. The second-order valence-electron chi connectivity index (χ2n) is 7.53. The molecule has 0 spiro atoms. The molecule has 0 bridgehead atoms. The maximum atomic E-state index is 12.4. The van der Waals surface area contributed by atoms with Crippen LogP contribution in [0.2, 0.25) is 0 Å². The Hall–Kier alpha value is -1.36. The van der Waals surface area contributed by atoms with Crippen molar-refractivity contribution in [2.45, 2.75) is 38.6 Å². The first kappa shape index (κ1) is 20.4. The highest BCUT2D eigenvalue weighted by molar-refractivity contribution is 6.31. The van der Waals surface area contributed by atoms with Crippen LogP contribution < -0.4 is 0 Å². The Morgan fingerprint density at radius 2 is 2.11 bits per heavy atom. The van der Waals surface area contributed by atoms with Crippen molar-refractivity contribution >= 4 is 23.6 Å². The van der Waals surface area contributed by atoms with E-state index in [1.807, 2.05) is 25.1 Å². The molecule has 0 unspecified atom stereocenters. The highest BCUT2D eigenvalue weighted by Crippen LogP contribution is 2.32. The Labute approximate surface area is 168 Å². The molecule has 2 saturated heterocycles. The summed E-state index contributed by atoms with van der Waals surface area (Å²) in [6.45, 7) is 7.13. The zero-order valence-corrected chi connectivity index (χ0v) is 17.0. The summed E-state index contributed by atoms with van der Waals surface area (Å²) in [6.07, 6.45) is 5.70. The van der Waals surface area contributed by atoms with Crippen LogP contribution in [0.15, 0.2) is 35.4 Å². The minimum atomic E-state index is 0.322. The lowest BCUT2D eigenvalue weighted by Gasteiger charge is -2.47. The maximum Gasteiger partial charge on any atom is 0.222 e. The largest absolute Gasteiger partial charge is 0.382 e. The van der Waals surface area contributed by atoms with Crippen LogP contribution >= 0.6 is 11.6 Å². The molecule has 1 aromatic carbocycles. The smallest absolute Gasteiger partial charge is 0.222 e. The van der Waals surface area contributed by atoms with Gasteiger partial charge in [-0.25, -0.2) is 0 Å². The number of hydrogen-bond donors (Lipinski definition) is 0. The second-order valence-corrected chi connectivity index (χ2v) is 8.01. The van der Waals surface area contributed by atoms with Gasteiger partial charge in [-0.3, -0.25) is 9.69 Å². The van der Waals surface area contributed by atoms with Gasteiger partial charge in [-0.2, -0.15) is 0 Å². The summed E-state index contributed by atoms with van der Waals surface area (Å²) in [5.41, 5.74) is 1.14. The normalized spacial score (nSPS) is 24.1. The van der Waals surface area contributed by atoms with E-state index in [9.17, 15) is 4.79 Å². The van der Waals surface area contributed by atoms with Crippen molar-refractivity contribution in [3.05, 3.63) is 40.9 Å². The number of amides is 1. The molecule has 2 aliphatic rings. The lowest BCUT2D eigenvalue weighted by molar-refractivity contribution is -0.141. The molecule has 27 heavy (non-hydrogen) atoms. The van der Waals surface area contributed by atoms with Gasteiger partial charge in [0.25, 0.3) is 0 Å². The fourth-order valence-electron chi connectivity index (χ4n) is 4.33. The number of piperidine rings is 2. The lowest BCUT2D eigenvalue weighted by atomic mass is 9.83. The third-order valence-corrected chi connectivity index (χ3v) is 5.85. The predicted octanol–water partition coefficient (Wildman–Crippen LogP) is 4.01. The van der Waals surface area contributed by atoms with E-state index < -0.39 is 0 Å². The van der Waals surface area contributed by atoms with Gasteiger partial charge in [0, 0.05) is 56.9 Å². The van der Waals surface area contributed by atoms with E-state index in [1.54, 1.807) is 0 Å². The number of likely N-dealkylation sites (tertiary alicyclic amines) is 2. The Bertz CT molecular complexity index is 634. The third kappa shape index (κ3) is 5.81. The molecule has 4 nitrogen and oxygen atoms in total. The quantitative estimate of drug-likeness (QED) is 0.629. The number of ether oxygens (including phenoxy) is 1. The molecule has 2 heterocycles. The molecule has 0 saturated carbocycles. The van der Waals surface area contributed by atoms with Crippen LogP contribution in [0.5, 0.6) is 0 Å². The van der Waals surface area contributed by atoms with Crippen molar-refractivity contribution in [2.24, 2.45) is 5.92 Å². The summed E-state index contributed by atoms with van der Waals surface area (Å²) in [7, 11) is 0. The highest BCUT2D eigenvalue weighted by Gasteiger charge is 2.38. The molecule has 3 rings (SSSR count). The number of halogens is 1. The number of nitrogens with zero attached hydrogens (tertiary/aromatic N) is 2. The Morgan fingerprint density at radius 3 is 2.89 bits per heavy atom. The predicted molar refractivity (Wildman–Crippen MR) is 111 cm³/mol. The molecule has 148 valence electrons. The van der Waals surface area contributed by atoms with Crippen LogP contribution in [0, 0.1) is 5.92 Å².